The van der Waals surface area contributed by atoms with Gasteiger partial charge in [-0.1, -0.05) is 0 Å². The number of H-pyrrole nitrogens is 1. The molecule has 0 aliphatic rings. The third-order valence-electron chi connectivity index (χ3n) is 1.73. The van der Waals surface area contributed by atoms with Gasteiger partial charge in [0.1, 0.15) is 5.69 Å². The van der Waals surface area contributed by atoms with E-state index in [0.29, 0.717) is 6.20 Å². The largest absolute Gasteiger partial charge is 0.477 e. The molecule has 1 aromatic heterocycles. The molecule has 0 bridgehead atoms. The van der Waals surface area contributed by atoms with Crippen molar-refractivity contribution in [3.63, 3.8) is 0 Å². The van der Waals surface area contributed by atoms with Crippen molar-refractivity contribution in [1.29, 1.82) is 0 Å². The fourth-order valence-electron chi connectivity index (χ4n) is 1.01. The minimum Gasteiger partial charge on any atom is -0.477 e. The SMILES string of the molecule is O=C(O)C(F)(F)Cc1cn[nH]c1C(F)(F)F. The molecule has 2 N–H and O–H groups in total. The van der Waals surface area contributed by atoms with Crippen LogP contribution in [-0.2, 0) is 17.4 Å². The molecule has 0 spiro atoms. The molecule has 9 heteroatoms. The first-order valence-electron chi connectivity index (χ1n) is 3.85. The number of aliphatic carboxylic acids is 1. The molecule has 1 rings (SSSR count). The number of carboxylic acid groups (broad SMARTS) is 1. The molecular formula is C7H5F5N2O2. The maximum Gasteiger partial charge on any atom is 0.433 e. The molecule has 0 aromatic carbocycles. The molecule has 1 aromatic rings. The molecule has 0 saturated carbocycles. The highest BCUT2D eigenvalue weighted by Gasteiger charge is 2.43. The normalized spacial score (nSPS) is 12.8. The lowest BCUT2D eigenvalue weighted by molar-refractivity contribution is -0.165. The van der Waals surface area contributed by atoms with E-state index < -0.39 is 35.7 Å². The lowest BCUT2D eigenvalue weighted by Crippen LogP contribution is -2.31. The van der Waals surface area contributed by atoms with Gasteiger partial charge in [-0.05, 0) is 0 Å². The van der Waals surface area contributed by atoms with Crippen LogP contribution in [0.5, 0.6) is 0 Å². The van der Waals surface area contributed by atoms with Gasteiger partial charge in [-0.15, -0.1) is 0 Å². The topological polar surface area (TPSA) is 66.0 Å². The van der Waals surface area contributed by atoms with Gasteiger partial charge in [0.25, 0.3) is 0 Å². The van der Waals surface area contributed by atoms with Gasteiger partial charge < -0.3 is 5.11 Å². The molecule has 0 atom stereocenters. The smallest absolute Gasteiger partial charge is 0.433 e. The van der Waals surface area contributed by atoms with Crippen molar-refractivity contribution >= 4 is 5.97 Å². The highest BCUT2D eigenvalue weighted by atomic mass is 19.4. The average Bonchev–Trinajstić information content (AvgIpc) is 2.49. The number of hydrogen-bond donors (Lipinski definition) is 2. The number of hydrogen-bond acceptors (Lipinski definition) is 2. The van der Waals surface area contributed by atoms with Gasteiger partial charge in [0.2, 0.25) is 0 Å². The average molecular weight is 244 g/mol. The molecule has 4 nitrogen and oxygen atoms in total. The Kier molecular flexibility index (Phi) is 2.89. The van der Waals surface area contributed by atoms with E-state index in [-0.39, 0.29) is 0 Å². The van der Waals surface area contributed by atoms with Crippen molar-refractivity contribution in [3.8, 4) is 0 Å². The third kappa shape index (κ3) is 2.47. The van der Waals surface area contributed by atoms with Crippen molar-refractivity contribution in [2.45, 2.75) is 18.5 Å². The van der Waals surface area contributed by atoms with Crippen LogP contribution in [0.15, 0.2) is 6.20 Å². The number of nitrogens with one attached hydrogen (secondary N) is 1. The van der Waals surface area contributed by atoms with Crippen LogP contribution in [0.2, 0.25) is 0 Å². The number of nitrogens with zero attached hydrogens (tertiary/aromatic N) is 1. The van der Waals surface area contributed by atoms with Crippen molar-refractivity contribution in [3.05, 3.63) is 17.5 Å². The second-order valence-electron chi connectivity index (χ2n) is 2.95. The molecule has 90 valence electrons. The Hall–Kier alpha value is -1.67. The zero-order valence-electron chi connectivity index (χ0n) is 7.48. The first-order valence-corrected chi connectivity index (χ1v) is 3.85. The maximum atomic E-state index is 12.7. The quantitative estimate of drug-likeness (QED) is 0.795. The second-order valence-corrected chi connectivity index (χ2v) is 2.95. The Balaban J connectivity index is 3.00. The summed E-state index contributed by atoms with van der Waals surface area (Å²) < 4.78 is 61.9. The fraction of sp³-hybridized carbons (Fsp3) is 0.429. The lowest BCUT2D eigenvalue weighted by Gasteiger charge is -2.11. The van der Waals surface area contributed by atoms with E-state index in [9.17, 15) is 26.7 Å². The van der Waals surface area contributed by atoms with Gasteiger partial charge >= 0.3 is 18.1 Å². The highest BCUT2D eigenvalue weighted by molar-refractivity contribution is 5.75. The molecular weight excluding hydrogens is 239 g/mol. The van der Waals surface area contributed by atoms with Crippen LogP contribution in [0.4, 0.5) is 22.0 Å². The molecule has 0 aliphatic heterocycles. The van der Waals surface area contributed by atoms with Crippen LogP contribution in [0.25, 0.3) is 0 Å². The van der Waals surface area contributed by atoms with Crippen molar-refractivity contribution in [1.82, 2.24) is 10.2 Å². The number of carboxylic acids is 1. The molecule has 1 heterocycles. The number of halogens is 5. The predicted molar refractivity (Wildman–Crippen MR) is 39.9 cm³/mol. The van der Waals surface area contributed by atoms with Crippen molar-refractivity contribution < 1.29 is 31.9 Å². The molecule has 0 aliphatic carbocycles. The van der Waals surface area contributed by atoms with Gasteiger partial charge in [0.15, 0.2) is 0 Å². The Morgan fingerprint density at radius 3 is 2.38 bits per heavy atom. The number of carbonyl (C=O) groups is 1. The second kappa shape index (κ2) is 3.72. The van der Waals surface area contributed by atoms with Gasteiger partial charge in [0, 0.05) is 5.56 Å². The minimum atomic E-state index is -4.87. The molecule has 0 radical (unpaired) electrons. The van der Waals surface area contributed by atoms with Crippen LogP contribution in [0, 0.1) is 0 Å². The monoisotopic (exact) mass is 244 g/mol. The summed E-state index contributed by atoms with van der Waals surface area (Å²) in [5.41, 5.74) is -2.35. The molecule has 0 saturated heterocycles. The Bertz CT molecular complexity index is 398. The summed E-state index contributed by atoms with van der Waals surface area (Å²) in [6, 6.07) is 0. The van der Waals surface area contributed by atoms with E-state index in [1.54, 1.807) is 0 Å². The molecule has 0 amide bonds. The van der Waals surface area contributed by atoms with Gasteiger partial charge in [0.05, 0.1) is 12.6 Å². The summed E-state index contributed by atoms with van der Waals surface area (Å²) in [5.74, 6) is -6.74. The summed E-state index contributed by atoms with van der Waals surface area (Å²) in [6.07, 6.45) is -5.91. The Morgan fingerprint density at radius 2 is 1.94 bits per heavy atom. The van der Waals surface area contributed by atoms with Crippen molar-refractivity contribution in [2.75, 3.05) is 0 Å². The van der Waals surface area contributed by atoms with Gasteiger partial charge in [-0.2, -0.15) is 27.1 Å². The number of alkyl halides is 5. The minimum absolute atomic E-state index is 0.527. The third-order valence-corrected chi connectivity index (χ3v) is 1.73. The van der Waals surface area contributed by atoms with Crippen LogP contribution in [-0.4, -0.2) is 27.2 Å². The maximum absolute atomic E-state index is 12.7. The summed E-state index contributed by atoms with van der Waals surface area (Å²) in [7, 11) is 0. The standard InChI is InChI=1S/C7H5F5N2O2/c8-6(9,5(15)16)1-3-2-13-14-4(3)7(10,11)12/h2H,1H2,(H,13,14)(H,15,16). The zero-order valence-corrected chi connectivity index (χ0v) is 7.48. The van der Waals surface area contributed by atoms with Crippen LogP contribution in [0.1, 0.15) is 11.3 Å². The number of aromatic amines is 1. The van der Waals surface area contributed by atoms with Gasteiger partial charge in [-0.25, -0.2) is 4.79 Å². The number of rotatable bonds is 3. The van der Waals surface area contributed by atoms with E-state index in [1.807, 2.05) is 0 Å². The zero-order chi connectivity index (χ0) is 12.6. The molecule has 0 unspecified atom stereocenters. The summed E-state index contributed by atoms with van der Waals surface area (Å²) in [4.78, 5) is 10.0. The summed E-state index contributed by atoms with van der Waals surface area (Å²) in [6.45, 7) is 0. The first kappa shape index (κ1) is 12.4. The van der Waals surface area contributed by atoms with E-state index in [0.717, 1.165) is 0 Å². The fourth-order valence-corrected chi connectivity index (χ4v) is 1.01. The van der Waals surface area contributed by atoms with E-state index in [1.165, 1.54) is 5.10 Å². The van der Waals surface area contributed by atoms with E-state index >= 15 is 0 Å². The Labute approximate surface area is 85.1 Å². The Morgan fingerprint density at radius 1 is 1.38 bits per heavy atom. The summed E-state index contributed by atoms with van der Waals surface area (Å²) in [5, 5.41) is 12.5. The highest BCUT2D eigenvalue weighted by Crippen LogP contribution is 2.32. The van der Waals surface area contributed by atoms with E-state index in [4.69, 9.17) is 5.11 Å². The predicted octanol–water partition coefficient (Wildman–Crippen LogP) is 1.69. The lowest BCUT2D eigenvalue weighted by atomic mass is 10.1. The van der Waals surface area contributed by atoms with Crippen LogP contribution < -0.4 is 0 Å². The first-order chi connectivity index (χ1) is 7.14. The van der Waals surface area contributed by atoms with Crippen LogP contribution in [0.3, 0.4) is 0 Å². The van der Waals surface area contributed by atoms with Crippen LogP contribution >= 0.6 is 0 Å². The van der Waals surface area contributed by atoms with Gasteiger partial charge in [-0.3, -0.25) is 5.10 Å². The van der Waals surface area contributed by atoms with E-state index in [2.05, 4.69) is 5.10 Å². The molecule has 0 fully saturated rings. The molecule has 16 heavy (non-hydrogen) atoms. The summed E-state index contributed by atoms with van der Waals surface area (Å²) >= 11 is 0. The van der Waals surface area contributed by atoms with Crippen molar-refractivity contribution in [2.24, 2.45) is 0 Å². The number of aromatic nitrogens is 2.